The van der Waals surface area contributed by atoms with Crippen molar-refractivity contribution in [1.82, 2.24) is 5.43 Å². The number of carbonyl (C=O) groups excluding carboxylic acids is 1. The Hall–Kier alpha value is -1.36. The Bertz CT molecular complexity index is 255. The number of thiophene rings is 1. The number of hydrogen-bond donors (Lipinski definition) is 2. The predicted molar refractivity (Wildman–Crippen MR) is 44.6 cm³/mol. The van der Waals surface area contributed by atoms with Crippen LogP contribution in [0.15, 0.2) is 22.6 Å². The summed E-state index contributed by atoms with van der Waals surface area (Å²) in [7, 11) is 0. The number of nitrogens with one attached hydrogen (secondary N) is 1. The molecule has 0 aliphatic heterocycles. The highest BCUT2D eigenvalue weighted by Crippen LogP contribution is 2.03. The summed E-state index contributed by atoms with van der Waals surface area (Å²) in [4.78, 5) is 11.1. The first-order valence-electron chi connectivity index (χ1n) is 2.91. The van der Waals surface area contributed by atoms with E-state index >= 15 is 0 Å². The monoisotopic (exact) mass is 169 g/mol. The number of hydrogen-bond acceptors (Lipinski definition) is 3. The van der Waals surface area contributed by atoms with Crippen LogP contribution in [0.2, 0.25) is 0 Å². The second-order valence-electron chi connectivity index (χ2n) is 1.75. The predicted octanol–water partition coefficient (Wildman–Crippen LogP) is 0.750. The van der Waals surface area contributed by atoms with Crippen molar-refractivity contribution in [2.75, 3.05) is 0 Å². The van der Waals surface area contributed by atoms with Crippen LogP contribution in [0.3, 0.4) is 0 Å². The zero-order valence-electron chi connectivity index (χ0n) is 5.65. The molecule has 5 heteroatoms. The third-order valence-electron chi connectivity index (χ3n) is 0.910. The van der Waals surface area contributed by atoms with Gasteiger partial charge in [0.1, 0.15) is 0 Å². The smallest absolute Gasteiger partial charge is 0.332 e. The first-order chi connectivity index (χ1) is 5.29. The molecule has 0 aliphatic rings. The summed E-state index contributed by atoms with van der Waals surface area (Å²) >= 11 is 1.53. The molecule has 0 radical (unpaired) electrons. The van der Waals surface area contributed by atoms with Crippen molar-refractivity contribution >= 4 is 23.6 Å². The zero-order chi connectivity index (χ0) is 8.10. The molecule has 0 atom stereocenters. The quantitative estimate of drug-likeness (QED) is 0.498. The maximum Gasteiger partial charge on any atom is 0.332 e. The summed E-state index contributed by atoms with van der Waals surface area (Å²) in [5, 5.41) is 5.50. The van der Waals surface area contributed by atoms with Gasteiger partial charge in [0.05, 0.1) is 6.21 Å². The maximum absolute atomic E-state index is 10.1. The minimum Gasteiger partial charge on any atom is -0.350 e. The zero-order valence-corrected chi connectivity index (χ0v) is 6.47. The molecule has 0 unspecified atom stereocenters. The van der Waals surface area contributed by atoms with Crippen molar-refractivity contribution in [2.45, 2.75) is 0 Å². The van der Waals surface area contributed by atoms with Crippen LogP contribution in [0.1, 0.15) is 4.88 Å². The van der Waals surface area contributed by atoms with E-state index < -0.39 is 6.03 Å². The topological polar surface area (TPSA) is 67.5 Å². The highest BCUT2D eigenvalue weighted by atomic mass is 32.1. The minimum atomic E-state index is -0.655. The van der Waals surface area contributed by atoms with Gasteiger partial charge < -0.3 is 5.73 Å². The molecule has 11 heavy (non-hydrogen) atoms. The van der Waals surface area contributed by atoms with Crippen LogP contribution in [0, 0.1) is 0 Å². The average Bonchev–Trinajstić information content (AvgIpc) is 2.39. The van der Waals surface area contributed by atoms with Gasteiger partial charge in [-0.1, -0.05) is 6.07 Å². The standard InChI is InChI=1S/C6H7N3OS/c7-6(10)9-8-4-5-2-1-3-11-5/h1-4H,(H3,7,9,10)/b8-4+. The minimum absolute atomic E-state index is 0.655. The van der Waals surface area contributed by atoms with Crippen molar-refractivity contribution in [3.8, 4) is 0 Å². The Balaban J connectivity index is 2.43. The number of urea groups is 1. The molecule has 0 bridgehead atoms. The van der Waals surface area contributed by atoms with E-state index in [1.54, 1.807) is 0 Å². The number of amides is 2. The van der Waals surface area contributed by atoms with Crippen LogP contribution < -0.4 is 11.2 Å². The summed E-state index contributed by atoms with van der Waals surface area (Å²) < 4.78 is 0. The molecule has 2 amide bonds. The van der Waals surface area contributed by atoms with Crippen molar-refractivity contribution in [3.05, 3.63) is 22.4 Å². The van der Waals surface area contributed by atoms with Gasteiger partial charge in [0.15, 0.2) is 0 Å². The third kappa shape index (κ3) is 2.81. The fraction of sp³-hybridized carbons (Fsp3) is 0. The third-order valence-corrected chi connectivity index (χ3v) is 1.72. The Morgan fingerprint density at radius 1 is 1.82 bits per heavy atom. The number of nitrogens with two attached hydrogens (primary N) is 1. The van der Waals surface area contributed by atoms with E-state index in [0.29, 0.717) is 0 Å². The summed E-state index contributed by atoms with van der Waals surface area (Å²) in [6.07, 6.45) is 1.54. The number of carbonyl (C=O) groups is 1. The summed E-state index contributed by atoms with van der Waals surface area (Å²) in [5.74, 6) is 0. The first-order valence-corrected chi connectivity index (χ1v) is 3.79. The molecule has 1 aromatic rings. The van der Waals surface area contributed by atoms with E-state index in [-0.39, 0.29) is 0 Å². The number of rotatable bonds is 2. The van der Waals surface area contributed by atoms with Gasteiger partial charge >= 0.3 is 6.03 Å². The Labute approximate surface area is 67.7 Å². The lowest BCUT2D eigenvalue weighted by Crippen LogP contribution is -2.24. The normalized spacial score (nSPS) is 10.2. The molecule has 0 spiro atoms. The lowest BCUT2D eigenvalue weighted by molar-refractivity contribution is 0.249. The van der Waals surface area contributed by atoms with Crippen LogP contribution in [-0.4, -0.2) is 12.2 Å². The fourth-order valence-corrected chi connectivity index (χ4v) is 1.11. The lowest BCUT2D eigenvalue weighted by Gasteiger charge is -1.87. The highest BCUT2D eigenvalue weighted by Gasteiger charge is 1.86. The molecule has 58 valence electrons. The lowest BCUT2D eigenvalue weighted by atomic mass is 10.5. The van der Waals surface area contributed by atoms with Crippen LogP contribution in [0.25, 0.3) is 0 Å². The van der Waals surface area contributed by atoms with Gasteiger partial charge in [0.25, 0.3) is 0 Å². The highest BCUT2D eigenvalue weighted by molar-refractivity contribution is 7.11. The van der Waals surface area contributed by atoms with E-state index in [1.165, 1.54) is 17.6 Å². The molecular weight excluding hydrogens is 162 g/mol. The van der Waals surface area contributed by atoms with E-state index in [0.717, 1.165) is 4.88 Å². The van der Waals surface area contributed by atoms with Crippen LogP contribution in [0.4, 0.5) is 4.79 Å². The largest absolute Gasteiger partial charge is 0.350 e. The van der Waals surface area contributed by atoms with Crippen molar-refractivity contribution < 1.29 is 4.79 Å². The molecule has 0 saturated carbocycles. The summed E-state index contributed by atoms with van der Waals surface area (Å²) in [6, 6.07) is 3.13. The molecule has 4 nitrogen and oxygen atoms in total. The van der Waals surface area contributed by atoms with Gasteiger partial charge in [-0.05, 0) is 11.4 Å². The molecule has 1 heterocycles. The van der Waals surface area contributed by atoms with Crippen molar-refractivity contribution in [3.63, 3.8) is 0 Å². The van der Waals surface area contributed by atoms with E-state index in [4.69, 9.17) is 5.73 Å². The van der Waals surface area contributed by atoms with E-state index in [2.05, 4.69) is 10.5 Å². The first kappa shape index (κ1) is 7.74. The van der Waals surface area contributed by atoms with Crippen molar-refractivity contribution in [2.24, 2.45) is 10.8 Å². The molecule has 0 aromatic carbocycles. The van der Waals surface area contributed by atoms with Gasteiger partial charge in [-0.2, -0.15) is 5.10 Å². The number of hydrazone groups is 1. The van der Waals surface area contributed by atoms with Gasteiger partial charge in [0, 0.05) is 4.88 Å². The molecule has 0 aliphatic carbocycles. The fourth-order valence-electron chi connectivity index (χ4n) is 0.524. The van der Waals surface area contributed by atoms with Gasteiger partial charge in [-0.15, -0.1) is 11.3 Å². The van der Waals surface area contributed by atoms with Crippen LogP contribution >= 0.6 is 11.3 Å². The molecule has 1 rings (SSSR count). The Morgan fingerprint density at radius 2 is 2.64 bits per heavy atom. The summed E-state index contributed by atoms with van der Waals surface area (Å²) in [6.45, 7) is 0. The average molecular weight is 169 g/mol. The SMILES string of the molecule is NC(=O)N/N=C/c1cccs1. The van der Waals surface area contributed by atoms with Gasteiger partial charge in [0.2, 0.25) is 0 Å². The van der Waals surface area contributed by atoms with E-state index in [1.807, 2.05) is 17.5 Å². The number of nitrogens with zero attached hydrogens (tertiary/aromatic N) is 1. The second kappa shape index (κ2) is 3.72. The van der Waals surface area contributed by atoms with Gasteiger partial charge in [-0.3, -0.25) is 0 Å². The molecule has 3 N–H and O–H groups in total. The molecular formula is C6H7N3OS. The van der Waals surface area contributed by atoms with Crippen LogP contribution in [-0.2, 0) is 0 Å². The number of primary amides is 1. The summed E-state index contributed by atoms with van der Waals surface area (Å²) in [5.41, 5.74) is 6.87. The molecule has 1 aromatic heterocycles. The second-order valence-corrected chi connectivity index (χ2v) is 2.73. The molecule has 0 fully saturated rings. The van der Waals surface area contributed by atoms with Crippen molar-refractivity contribution in [1.29, 1.82) is 0 Å². The Morgan fingerprint density at radius 3 is 3.18 bits per heavy atom. The Kier molecular flexibility index (Phi) is 2.62. The van der Waals surface area contributed by atoms with Gasteiger partial charge in [-0.25, -0.2) is 10.2 Å². The van der Waals surface area contributed by atoms with E-state index in [9.17, 15) is 4.79 Å². The maximum atomic E-state index is 10.1. The van der Waals surface area contributed by atoms with Crippen LogP contribution in [0.5, 0.6) is 0 Å². The molecule has 0 saturated heterocycles.